The molecular formula is C22H24N2O3S2. The summed E-state index contributed by atoms with van der Waals surface area (Å²) in [6.45, 7) is 2.55. The molecule has 2 aromatic carbocycles. The number of thioether (sulfide) groups is 1. The van der Waals surface area contributed by atoms with Gasteiger partial charge in [0.2, 0.25) is 0 Å². The lowest BCUT2D eigenvalue weighted by Gasteiger charge is -2.10. The molecule has 7 heteroatoms. The summed E-state index contributed by atoms with van der Waals surface area (Å²) >= 11 is 3.37. The lowest BCUT2D eigenvalue weighted by atomic mass is 10.1. The number of hydrogen-bond acceptors (Lipinski definition) is 6. The summed E-state index contributed by atoms with van der Waals surface area (Å²) in [5.41, 5.74) is 3.96. The Kier molecular flexibility index (Phi) is 7.55. The number of rotatable bonds is 9. The van der Waals surface area contributed by atoms with Gasteiger partial charge in [-0.15, -0.1) is 11.3 Å². The van der Waals surface area contributed by atoms with Gasteiger partial charge in [0.25, 0.3) is 5.91 Å². The van der Waals surface area contributed by atoms with Crippen LogP contribution in [0.15, 0.2) is 52.2 Å². The van der Waals surface area contributed by atoms with Gasteiger partial charge in [-0.25, -0.2) is 4.98 Å². The second-order valence-electron chi connectivity index (χ2n) is 6.44. The normalized spacial score (nSPS) is 10.6. The van der Waals surface area contributed by atoms with Gasteiger partial charge < -0.3 is 14.8 Å². The van der Waals surface area contributed by atoms with Gasteiger partial charge in [-0.3, -0.25) is 4.79 Å². The molecule has 1 aromatic heterocycles. The number of methoxy groups -OCH3 is 2. The van der Waals surface area contributed by atoms with Crippen LogP contribution in [0.25, 0.3) is 0 Å². The Hall–Kier alpha value is -2.51. The monoisotopic (exact) mass is 428 g/mol. The average Bonchev–Trinajstić information content (AvgIpc) is 3.17. The first-order valence-electron chi connectivity index (χ1n) is 9.22. The standard InChI is InChI=1S/C22H24N2O3S2/c1-15-13-28-22(24-15)29-14-17-4-7-18(8-5-17)21(25)23-11-10-16-6-9-19(26-2)20(12-16)27-3/h4-9,12-13H,10-11,14H2,1-3H3,(H,23,25). The summed E-state index contributed by atoms with van der Waals surface area (Å²) in [5, 5.41) is 5.02. The minimum absolute atomic E-state index is 0.0692. The molecule has 0 saturated heterocycles. The van der Waals surface area contributed by atoms with E-state index < -0.39 is 0 Å². The van der Waals surface area contributed by atoms with E-state index in [-0.39, 0.29) is 5.91 Å². The number of carbonyl (C=O) groups is 1. The Balaban J connectivity index is 1.48. The summed E-state index contributed by atoms with van der Waals surface area (Å²) in [6.07, 6.45) is 0.716. The first-order valence-corrected chi connectivity index (χ1v) is 11.1. The molecule has 0 atom stereocenters. The number of benzene rings is 2. The van der Waals surface area contributed by atoms with E-state index >= 15 is 0 Å². The molecular weight excluding hydrogens is 404 g/mol. The lowest BCUT2D eigenvalue weighted by molar-refractivity contribution is 0.0954. The summed E-state index contributed by atoms with van der Waals surface area (Å²) in [7, 11) is 3.23. The highest BCUT2D eigenvalue weighted by atomic mass is 32.2. The van der Waals surface area contributed by atoms with E-state index in [0.717, 1.165) is 21.3 Å². The quantitative estimate of drug-likeness (QED) is 0.499. The fraction of sp³-hybridized carbons (Fsp3) is 0.273. The van der Waals surface area contributed by atoms with Gasteiger partial charge in [0.05, 0.1) is 14.2 Å². The number of nitrogens with zero attached hydrogens (tertiary/aromatic N) is 1. The first kappa shape index (κ1) is 21.2. The first-order chi connectivity index (χ1) is 14.1. The highest BCUT2D eigenvalue weighted by Gasteiger charge is 2.08. The molecule has 1 N–H and O–H groups in total. The predicted molar refractivity (Wildman–Crippen MR) is 118 cm³/mol. The molecule has 0 fully saturated rings. The zero-order valence-corrected chi connectivity index (χ0v) is 18.4. The number of aryl methyl sites for hydroxylation is 1. The van der Waals surface area contributed by atoms with Gasteiger partial charge in [-0.2, -0.15) is 0 Å². The number of ether oxygens (including phenoxy) is 2. The Morgan fingerprint density at radius 2 is 1.79 bits per heavy atom. The van der Waals surface area contributed by atoms with Crippen LogP contribution in [0.3, 0.4) is 0 Å². The summed E-state index contributed by atoms with van der Waals surface area (Å²) < 4.78 is 11.6. The third kappa shape index (κ3) is 5.98. The maximum Gasteiger partial charge on any atom is 0.251 e. The van der Waals surface area contributed by atoms with E-state index in [1.54, 1.807) is 37.3 Å². The Morgan fingerprint density at radius 1 is 1.07 bits per heavy atom. The van der Waals surface area contributed by atoms with Gasteiger partial charge in [0, 0.05) is 28.9 Å². The van der Waals surface area contributed by atoms with Crippen molar-refractivity contribution in [1.82, 2.24) is 10.3 Å². The van der Waals surface area contributed by atoms with E-state index in [9.17, 15) is 4.79 Å². The molecule has 0 aliphatic heterocycles. The number of hydrogen-bond donors (Lipinski definition) is 1. The molecule has 152 valence electrons. The predicted octanol–water partition coefficient (Wildman–Crippen LogP) is 4.73. The average molecular weight is 429 g/mol. The number of nitrogens with one attached hydrogen (secondary N) is 1. The molecule has 0 spiro atoms. The minimum atomic E-state index is -0.0692. The van der Waals surface area contributed by atoms with Crippen molar-refractivity contribution in [3.8, 4) is 11.5 Å². The summed E-state index contributed by atoms with van der Waals surface area (Å²) in [4.78, 5) is 16.8. The molecule has 0 radical (unpaired) electrons. The summed E-state index contributed by atoms with van der Waals surface area (Å²) in [6, 6.07) is 13.5. The van der Waals surface area contributed by atoms with Crippen molar-refractivity contribution in [2.45, 2.75) is 23.4 Å². The zero-order chi connectivity index (χ0) is 20.6. The Labute approximate surface area is 179 Å². The fourth-order valence-electron chi connectivity index (χ4n) is 2.75. The van der Waals surface area contributed by atoms with Gasteiger partial charge in [0.15, 0.2) is 11.5 Å². The van der Waals surface area contributed by atoms with Crippen LogP contribution >= 0.6 is 23.1 Å². The number of aromatic nitrogens is 1. The molecule has 29 heavy (non-hydrogen) atoms. The van der Waals surface area contributed by atoms with E-state index in [0.29, 0.717) is 30.0 Å². The van der Waals surface area contributed by atoms with Crippen LogP contribution in [-0.4, -0.2) is 31.7 Å². The highest BCUT2D eigenvalue weighted by Crippen LogP contribution is 2.28. The van der Waals surface area contributed by atoms with Crippen LogP contribution in [0.4, 0.5) is 0 Å². The van der Waals surface area contributed by atoms with Crippen molar-refractivity contribution in [3.05, 3.63) is 70.2 Å². The van der Waals surface area contributed by atoms with E-state index in [2.05, 4.69) is 15.7 Å². The maximum absolute atomic E-state index is 12.4. The van der Waals surface area contributed by atoms with Crippen LogP contribution in [0, 0.1) is 6.92 Å². The van der Waals surface area contributed by atoms with Crippen LogP contribution in [-0.2, 0) is 12.2 Å². The molecule has 0 unspecified atom stereocenters. The third-order valence-corrected chi connectivity index (χ3v) is 6.53. The SMILES string of the molecule is COc1ccc(CCNC(=O)c2ccc(CSc3nc(C)cs3)cc2)cc1OC. The third-order valence-electron chi connectivity index (χ3n) is 4.32. The number of carbonyl (C=O) groups excluding carboxylic acids is 1. The fourth-order valence-corrected chi connectivity index (χ4v) is 4.56. The van der Waals surface area contributed by atoms with Crippen LogP contribution in [0.1, 0.15) is 27.2 Å². The molecule has 1 heterocycles. The Morgan fingerprint density at radius 3 is 2.45 bits per heavy atom. The molecule has 1 amide bonds. The zero-order valence-electron chi connectivity index (χ0n) is 16.7. The molecule has 0 aliphatic carbocycles. The topological polar surface area (TPSA) is 60.5 Å². The maximum atomic E-state index is 12.4. The molecule has 3 aromatic rings. The molecule has 5 nitrogen and oxygen atoms in total. The second kappa shape index (κ2) is 10.3. The highest BCUT2D eigenvalue weighted by molar-refractivity contribution is 8.00. The molecule has 0 aliphatic rings. The molecule has 3 rings (SSSR count). The van der Waals surface area contributed by atoms with E-state index in [1.165, 1.54) is 5.56 Å². The van der Waals surface area contributed by atoms with Gasteiger partial charge in [-0.05, 0) is 48.7 Å². The van der Waals surface area contributed by atoms with Crippen LogP contribution < -0.4 is 14.8 Å². The number of thiazole rings is 1. The van der Waals surface area contributed by atoms with Crippen molar-refractivity contribution in [3.63, 3.8) is 0 Å². The summed E-state index contributed by atoms with van der Waals surface area (Å²) in [5.74, 6) is 2.16. The largest absolute Gasteiger partial charge is 0.493 e. The van der Waals surface area contributed by atoms with Crippen molar-refractivity contribution in [2.24, 2.45) is 0 Å². The van der Waals surface area contributed by atoms with Crippen molar-refractivity contribution >= 4 is 29.0 Å². The van der Waals surface area contributed by atoms with Crippen molar-refractivity contribution in [1.29, 1.82) is 0 Å². The minimum Gasteiger partial charge on any atom is -0.493 e. The van der Waals surface area contributed by atoms with Gasteiger partial charge in [0.1, 0.15) is 4.34 Å². The van der Waals surface area contributed by atoms with E-state index in [1.807, 2.05) is 49.4 Å². The lowest BCUT2D eigenvalue weighted by Crippen LogP contribution is -2.25. The van der Waals surface area contributed by atoms with Gasteiger partial charge >= 0.3 is 0 Å². The molecule has 0 saturated carbocycles. The molecule has 0 bridgehead atoms. The van der Waals surface area contributed by atoms with E-state index in [4.69, 9.17) is 9.47 Å². The van der Waals surface area contributed by atoms with Crippen LogP contribution in [0.5, 0.6) is 11.5 Å². The van der Waals surface area contributed by atoms with Crippen molar-refractivity contribution < 1.29 is 14.3 Å². The number of amides is 1. The van der Waals surface area contributed by atoms with Crippen molar-refractivity contribution in [2.75, 3.05) is 20.8 Å². The van der Waals surface area contributed by atoms with Gasteiger partial charge in [-0.1, -0.05) is 30.0 Å². The Bertz CT molecular complexity index is 955. The second-order valence-corrected chi connectivity index (χ2v) is 8.52. The smallest absolute Gasteiger partial charge is 0.251 e. The van der Waals surface area contributed by atoms with Crippen LogP contribution in [0.2, 0.25) is 0 Å².